The maximum Gasteiger partial charge on any atom is 0.466 e. The number of carbonyl (C=O) groups is 1. The number of halogens is 1. The van der Waals surface area contributed by atoms with Crippen molar-refractivity contribution in [2.24, 2.45) is 0 Å². The number of hydrogen-bond acceptors (Lipinski definition) is 5. The normalized spacial score (nSPS) is 19.9. The fraction of sp³-hybridized carbons (Fsp3) is 0.588. The molecule has 1 aliphatic heterocycles. The molecule has 0 N–H and O–H groups in total. The van der Waals surface area contributed by atoms with Crippen LogP contribution in [0.25, 0.3) is 0 Å². The van der Waals surface area contributed by atoms with E-state index in [9.17, 15) is 9.18 Å². The largest absolute Gasteiger partial charge is 0.497 e. The summed E-state index contributed by atoms with van der Waals surface area (Å²) < 4.78 is 36.4. The third-order valence-electron chi connectivity index (χ3n) is 4.82. The van der Waals surface area contributed by atoms with Crippen LogP contribution in [0.4, 0.5) is 4.39 Å². The average Bonchev–Trinajstić information content (AvgIpc) is 2.73. The molecule has 0 radical (unpaired) electrons. The van der Waals surface area contributed by atoms with Gasteiger partial charge < -0.3 is 18.8 Å². The zero-order valence-electron chi connectivity index (χ0n) is 15.0. The molecule has 0 spiro atoms. The van der Waals surface area contributed by atoms with Gasteiger partial charge in [0.2, 0.25) is 0 Å². The Balaban J connectivity index is 2.42. The number of carbonyl (C=O) groups excluding carboxylic acids is 1. The van der Waals surface area contributed by atoms with Crippen LogP contribution in [0, 0.1) is 5.82 Å². The van der Waals surface area contributed by atoms with Crippen LogP contribution in [-0.2, 0) is 18.8 Å². The molecule has 1 fully saturated rings. The van der Waals surface area contributed by atoms with Crippen LogP contribution in [0.1, 0.15) is 45.5 Å². The van der Waals surface area contributed by atoms with E-state index in [1.807, 2.05) is 27.7 Å². The first kappa shape index (κ1) is 18.7. The Kier molecular flexibility index (Phi) is 5.25. The summed E-state index contributed by atoms with van der Waals surface area (Å²) in [6.45, 7) is 7.63. The third kappa shape index (κ3) is 3.57. The molecule has 1 heterocycles. The summed E-state index contributed by atoms with van der Waals surface area (Å²) in [5.41, 5.74) is -0.860. The van der Waals surface area contributed by atoms with Gasteiger partial charge in [-0.3, -0.25) is 4.79 Å². The van der Waals surface area contributed by atoms with Gasteiger partial charge in [0.05, 0.1) is 31.8 Å². The van der Waals surface area contributed by atoms with Gasteiger partial charge in [-0.05, 0) is 51.5 Å². The number of hydrogen-bond donors (Lipinski definition) is 0. The minimum absolute atomic E-state index is 0.0581. The van der Waals surface area contributed by atoms with Gasteiger partial charge in [-0.15, -0.1) is 0 Å². The van der Waals surface area contributed by atoms with Crippen LogP contribution in [-0.4, -0.2) is 38.5 Å². The van der Waals surface area contributed by atoms with Crippen LogP contribution in [0.5, 0.6) is 5.75 Å². The van der Waals surface area contributed by atoms with Crippen molar-refractivity contribution in [3.05, 3.63) is 29.6 Å². The fourth-order valence-corrected chi connectivity index (χ4v) is 2.60. The summed E-state index contributed by atoms with van der Waals surface area (Å²) >= 11 is 0. The zero-order chi connectivity index (χ0) is 18.1. The van der Waals surface area contributed by atoms with Crippen molar-refractivity contribution in [3.63, 3.8) is 0 Å². The molecule has 5 nitrogen and oxygen atoms in total. The van der Waals surface area contributed by atoms with Gasteiger partial charge in [-0.2, -0.15) is 0 Å². The van der Waals surface area contributed by atoms with Crippen molar-refractivity contribution < 1.29 is 28.0 Å². The van der Waals surface area contributed by atoms with Crippen molar-refractivity contribution in [1.82, 2.24) is 0 Å². The van der Waals surface area contributed by atoms with Crippen LogP contribution in [0.15, 0.2) is 18.2 Å². The molecule has 1 atom stereocenters. The highest BCUT2D eigenvalue weighted by atomic mass is 19.1. The lowest BCUT2D eigenvalue weighted by molar-refractivity contribution is -0.140. The highest BCUT2D eigenvalue weighted by Crippen LogP contribution is 2.42. The molecule has 1 aromatic rings. The van der Waals surface area contributed by atoms with Crippen LogP contribution >= 0.6 is 0 Å². The molecule has 0 amide bonds. The lowest BCUT2D eigenvalue weighted by Gasteiger charge is -2.32. The van der Waals surface area contributed by atoms with E-state index in [0.717, 1.165) is 0 Å². The van der Waals surface area contributed by atoms with Gasteiger partial charge in [0.1, 0.15) is 11.6 Å². The lowest BCUT2D eigenvalue weighted by atomic mass is 9.66. The molecular formula is C17H24BFO5. The Morgan fingerprint density at radius 1 is 1.21 bits per heavy atom. The van der Waals surface area contributed by atoms with Gasteiger partial charge in [-0.1, -0.05) is 0 Å². The van der Waals surface area contributed by atoms with E-state index in [4.69, 9.17) is 18.8 Å². The molecule has 2 rings (SSSR count). The van der Waals surface area contributed by atoms with E-state index < -0.39 is 35.9 Å². The first-order chi connectivity index (χ1) is 11.1. The summed E-state index contributed by atoms with van der Waals surface area (Å²) in [6, 6.07) is 4.40. The molecule has 1 saturated heterocycles. The fourth-order valence-electron chi connectivity index (χ4n) is 2.60. The maximum atomic E-state index is 14.4. The second-order valence-corrected chi connectivity index (χ2v) is 6.90. The number of esters is 1. The molecule has 1 unspecified atom stereocenters. The first-order valence-corrected chi connectivity index (χ1v) is 7.87. The molecule has 1 aromatic carbocycles. The molecule has 0 aromatic heterocycles. The predicted octanol–water partition coefficient (Wildman–Crippen LogP) is 3.11. The van der Waals surface area contributed by atoms with Crippen LogP contribution < -0.4 is 4.74 Å². The van der Waals surface area contributed by atoms with Crippen molar-refractivity contribution in [2.45, 2.75) is 51.1 Å². The molecule has 0 aliphatic carbocycles. The molecule has 132 valence electrons. The van der Waals surface area contributed by atoms with E-state index in [-0.39, 0.29) is 6.42 Å². The highest BCUT2D eigenvalue weighted by Gasteiger charge is 2.54. The highest BCUT2D eigenvalue weighted by molar-refractivity contribution is 6.48. The molecule has 0 bridgehead atoms. The van der Waals surface area contributed by atoms with Gasteiger partial charge in [0.15, 0.2) is 0 Å². The Labute approximate surface area is 142 Å². The van der Waals surface area contributed by atoms with Crippen molar-refractivity contribution in [3.8, 4) is 5.75 Å². The second-order valence-electron chi connectivity index (χ2n) is 6.90. The van der Waals surface area contributed by atoms with Gasteiger partial charge in [0.25, 0.3) is 0 Å². The summed E-state index contributed by atoms with van der Waals surface area (Å²) in [6.07, 6.45) is -0.0581. The average molecular weight is 338 g/mol. The molecular weight excluding hydrogens is 314 g/mol. The second kappa shape index (κ2) is 6.72. The Morgan fingerprint density at radius 3 is 2.29 bits per heavy atom. The minimum Gasteiger partial charge on any atom is -0.497 e. The summed E-state index contributed by atoms with van der Waals surface area (Å²) in [5, 5.41) is 0. The monoisotopic (exact) mass is 338 g/mol. The summed E-state index contributed by atoms with van der Waals surface area (Å²) in [5.74, 6) is -1.05. The van der Waals surface area contributed by atoms with Gasteiger partial charge in [0, 0.05) is 5.82 Å². The number of methoxy groups -OCH3 is 2. The number of ether oxygens (including phenoxy) is 2. The predicted molar refractivity (Wildman–Crippen MR) is 88.4 cm³/mol. The van der Waals surface area contributed by atoms with Crippen LogP contribution in [0.2, 0.25) is 0 Å². The number of rotatable bonds is 5. The van der Waals surface area contributed by atoms with E-state index in [2.05, 4.69) is 0 Å². The van der Waals surface area contributed by atoms with Crippen LogP contribution in [0.3, 0.4) is 0 Å². The summed E-state index contributed by atoms with van der Waals surface area (Å²) in [4.78, 5) is 11.9. The standard InChI is InChI=1S/C17H24BFO5/c1-16(2)17(3,4)24-18(23-16)13(10-15(20)22-6)12-9-11(21-5)7-8-14(12)19/h7-9,13H,10H2,1-6H3. The maximum absolute atomic E-state index is 14.4. The topological polar surface area (TPSA) is 54.0 Å². The number of benzene rings is 1. The Hall–Kier alpha value is -1.60. The van der Waals surface area contributed by atoms with Crippen molar-refractivity contribution in [2.75, 3.05) is 14.2 Å². The van der Waals surface area contributed by atoms with E-state index in [1.165, 1.54) is 26.4 Å². The first-order valence-electron chi connectivity index (χ1n) is 7.87. The lowest BCUT2D eigenvalue weighted by Crippen LogP contribution is -2.41. The molecule has 1 aliphatic rings. The van der Waals surface area contributed by atoms with Crippen molar-refractivity contribution >= 4 is 13.1 Å². The summed E-state index contributed by atoms with van der Waals surface area (Å²) in [7, 11) is 2.03. The minimum atomic E-state index is -0.768. The van der Waals surface area contributed by atoms with Gasteiger partial charge in [-0.25, -0.2) is 4.39 Å². The SMILES string of the molecule is COC(=O)CC(B1OC(C)(C)C(C)(C)O1)c1cc(OC)ccc1F. The zero-order valence-corrected chi connectivity index (χ0v) is 15.0. The third-order valence-corrected chi connectivity index (χ3v) is 4.82. The van der Waals surface area contributed by atoms with E-state index in [0.29, 0.717) is 11.3 Å². The van der Waals surface area contributed by atoms with Crippen molar-refractivity contribution in [1.29, 1.82) is 0 Å². The Bertz CT molecular complexity index is 601. The molecule has 0 saturated carbocycles. The Morgan fingerprint density at radius 2 is 1.79 bits per heavy atom. The quantitative estimate of drug-likeness (QED) is 0.610. The van der Waals surface area contributed by atoms with E-state index in [1.54, 1.807) is 6.07 Å². The van der Waals surface area contributed by atoms with E-state index >= 15 is 0 Å². The van der Waals surface area contributed by atoms with Gasteiger partial charge >= 0.3 is 13.1 Å². The molecule has 7 heteroatoms. The molecule has 24 heavy (non-hydrogen) atoms. The smallest absolute Gasteiger partial charge is 0.466 e.